The number of rotatable bonds is 4. The fourth-order valence-corrected chi connectivity index (χ4v) is 3.35. The monoisotopic (exact) mass is 290 g/mol. The quantitative estimate of drug-likeness (QED) is 0.924. The number of hydrogen-bond donors (Lipinski definition) is 1. The topological polar surface area (TPSA) is 33.7 Å². The molecule has 2 atom stereocenters. The first-order chi connectivity index (χ1) is 10.1. The zero-order valence-electron chi connectivity index (χ0n) is 13.5. The molecule has 21 heavy (non-hydrogen) atoms. The van der Waals surface area contributed by atoms with Crippen molar-refractivity contribution in [1.82, 2.24) is 5.32 Å². The van der Waals surface area contributed by atoms with E-state index in [0.717, 1.165) is 30.5 Å². The molecular weight excluding hydrogens is 264 g/mol. The zero-order valence-corrected chi connectivity index (χ0v) is 13.5. The summed E-state index contributed by atoms with van der Waals surface area (Å²) in [6.07, 6.45) is 2.71. The van der Waals surface area contributed by atoms with E-state index in [-0.39, 0.29) is 5.54 Å². The van der Waals surface area contributed by atoms with Crippen LogP contribution in [0.3, 0.4) is 0 Å². The Hall–Kier alpha value is -1.42. The highest BCUT2D eigenvalue weighted by Crippen LogP contribution is 2.42. The first-order valence-corrected chi connectivity index (χ1v) is 7.80. The van der Waals surface area contributed by atoms with Gasteiger partial charge in [-0.05, 0) is 32.6 Å². The third-order valence-electron chi connectivity index (χ3n) is 4.98. The number of hydrogen-bond acceptors (Lipinski definition) is 4. The highest BCUT2D eigenvalue weighted by Gasteiger charge is 2.45. The highest BCUT2D eigenvalue weighted by molar-refractivity contribution is 5.57. The molecule has 4 heteroatoms. The minimum absolute atomic E-state index is 0.225. The molecule has 1 aromatic carbocycles. The first kappa shape index (κ1) is 14.5. The molecule has 1 heterocycles. The Kier molecular flexibility index (Phi) is 3.74. The number of piperazine rings is 1. The summed E-state index contributed by atoms with van der Waals surface area (Å²) in [6, 6.07) is 6.61. The van der Waals surface area contributed by atoms with Crippen LogP contribution in [0.1, 0.15) is 26.7 Å². The molecule has 1 aromatic rings. The molecule has 1 aliphatic heterocycles. The second kappa shape index (κ2) is 5.41. The molecule has 0 aromatic heterocycles. The predicted molar refractivity (Wildman–Crippen MR) is 85.5 cm³/mol. The lowest BCUT2D eigenvalue weighted by Crippen LogP contribution is -2.63. The van der Waals surface area contributed by atoms with Crippen molar-refractivity contribution in [2.45, 2.75) is 38.3 Å². The number of methoxy groups -OCH3 is 2. The van der Waals surface area contributed by atoms with Crippen molar-refractivity contribution in [3.63, 3.8) is 0 Å². The van der Waals surface area contributed by atoms with Crippen LogP contribution in [0.15, 0.2) is 18.2 Å². The van der Waals surface area contributed by atoms with E-state index >= 15 is 0 Å². The van der Waals surface area contributed by atoms with Crippen LogP contribution in [-0.4, -0.2) is 38.9 Å². The molecule has 2 aliphatic rings. The van der Waals surface area contributed by atoms with Crippen LogP contribution in [0.5, 0.6) is 11.5 Å². The SMILES string of the molecule is COc1cc(OC)cc(N2CC(C)(C3CC3)NCC2C)c1. The maximum atomic E-state index is 5.41. The summed E-state index contributed by atoms with van der Waals surface area (Å²) < 4.78 is 10.8. The van der Waals surface area contributed by atoms with Crippen LogP contribution < -0.4 is 19.7 Å². The minimum atomic E-state index is 0.225. The van der Waals surface area contributed by atoms with E-state index in [0.29, 0.717) is 6.04 Å². The van der Waals surface area contributed by atoms with E-state index in [1.807, 2.05) is 6.07 Å². The van der Waals surface area contributed by atoms with Gasteiger partial charge in [0.05, 0.1) is 14.2 Å². The molecule has 2 unspecified atom stereocenters. The van der Waals surface area contributed by atoms with Crippen molar-refractivity contribution in [3.05, 3.63) is 18.2 Å². The molecule has 0 bridgehead atoms. The molecule has 2 fully saturated rings. The largest absolute Gasteiger partial charge is 0.497 e. The smallest absolute Gasteiger partial charge is 0.124 e. The van der Waals surface area contributed by atoms with Gasteiger partial charge in [0.1, 0.15) is 11.5 Å². The average molecular weight is 290 g/mol. The third kappa shape index (κ3) is 2.82. The van der Waals surface area contributed by atoms with E-state index < -0.39 is 0 Å². The van der Waals surface area contributed by atoms with Gasteiger partial charge in [-0.15, -0.1) is 0 Å². The van der Waals surface area contributed by atoms with E-state index in [1.165, 1.54) is 18.5 Å². The molecule has 0 amide bonds. The van der Waals surface area contributed by atoms with Gasteiger partial charge in [0.25, 0.3) is 0 Å². The summed E-state index contributed by atoms with van der Waals surface area (Å²) in [5.41, 5.74) is 1.41. The molecule has 1 N–H and O–H groups in total. The predicted octanol–water partition coefficient (Wildman–Crippen LogP) is 2.67. The van der Waals surface area contributed by atoms with E-state index in [4.69, 9.17) is 9.47 Å². The van der Waals surface area contributed by atoms with Gasteiger partial charge in [-0.2, -0.15) is 0 Å². The van der Waals surface area contributed by atoms with Crippen LogP contribution >= 0.6 is 0 Å². The van der Waals surface area contributed by atoms with E-state index in [9.17, 15) is 0 Å². The van der Waals surface area contributed by atoms with Crippen LogP contribution in [0.2, 0.25) is 0 Å². The Morgan fingerprint density at radius 2 is 1.76 bits per heavy atom. The normalized spacial score (nSPS) is 29.3. The van der Waals surface area contributed by atoms with Crippen LogP contribution in [0, 0.1) is 5.92 Å². The maximum Gasteiger partial charge on any atom is 0.124 e. The van der Waals surface area contributed by atoms with Gasteiger partial charge < -0.3 is 19.7 Å². The lowest BCUT2D eigenvalue weighted by molar-refractivity contribution is 0.260. The van der Waals surface area contributed by atoms with Gasteiger partial charge in [-0.1, -0.05) is 0 Å². The number of nitrogens with one attached hydrogen (secondary N) is 1. The van der Waals surface area contributed by atoms with E-state index in [2.05, 4.69) is 36.2 Å². The summed E-state index contributed by atoms with van der Waals surface area (Å²) in [7, 11) is 3.40. The maximum absolute atomic E-state index is 5.41. The summed E-state index contributed by atoms with van der Waals surface area (Å²) >= 11 is 0. The van der Waals surface area contributed by atoms with E-state index in [1.54, 1.807) is 14.2 Å². The van der Waals surface area contributed by atoms with Crippen LogP contribution in [0.4, 0.5) is 5.69 Å². The molecule has 0 spiro atoms. The zero-order chi connectivity index (χ0) is 15.0. The summed E-state index contributed by atoms with van der Waals surface area (Å²) in [4.78, 5) is 2.49. The summed E-state index contributed by atoms with van der Waals surface area (Å²) in [5.74, 6) is 2.52. The third-order valence-corrected chi connectivity index (χ3v) is 4.98. The molecule has 116 valence electrons. The molecule has 3 rings (SSSR count). The Labute approximate surface area is 127 Å². The minimum Gasteiger partial charge on any atom is -0.497 e. The van der Waals surface area contributed by atoms with Crippen molar-refractivity contribution < 1.29 is 9.47 Å². The Bertz CT molecular complexity index is 493. The molecule has 1 aliphatic carbocycles. The van der Waals surface area contributed by atoms with Gasteiger partial charge in [-0.3, -0.25) is 0 Å². The van der Waals surface area contributed by atoms with Gasteiger partial charge in [0.2, 0.25) is 0 Å². The lowest BCUT2D eigenvalue weighted by atomic mass is 9.91. The average Bonchev–Trinajstić information content (AvgIpc) is 3.34. The van der Waals surface area contributed by atoms with Crippen LogP contribution in [-0.2, 0) is 0 Å². The molecule has 0 radical (unpaired) electrons. The fourth-order valence-electron chi connectivity index (χ4n) is 3.35. The van der Waals surface area contributed by atoms with Crippen molar-refractivity contribution in [2.24, 2.45) is 5.92 Å². The van der Waals surface area contributed by atoms with Crippen molar-refractivity contribution in [1.29, 1.82) is 0 Å². The Balaban J connectivity index is 1.89. The van der Waals surface area contributed by atoms with Crippen molar-refractivity contribution >= 4 is 5.69 Å². The van der Waals surface area contributed by atoms with Crippen molar-refractivity contribution in [2.75, 3.05) is 32.2 Å². The van der Waals surface area contributed by atoms with Gasteiger partial charge >= 0.3 is 0 Å². The van der Waals surface area contributed by atoms with Crippen LogP contribution in [0.25, 0.3) is 0 Å². The first-order valence-electron chi connectivity index (χ1n) is 7.80. The van der Waals surface area contributed by atoms with Gasteiger partial charge in [-0.25, -0.2) is 0 Å². The standard InChI is InChI=1S/C17H26N2O2/c1-12-10-18-17(2,13-5-6-13)11-19(12)14-7-15(20-3)9-16(8-14)21-4/h7-9,12-13,18H,5-6,10-11H2,1-4H3. The molecule has 1 saturated heterocycles. The van der Waals surface area contributed by atoms with Gasteiger partial charge in [0.15, 0.2) is 0 Å². The Morgan fingerprint density at radius 3 is 2.29 bits per heavy atom. The summed E-state index contributed by atoms with van der Waals surface area (Å²) in [6.45, 7) is 6.69. The van der Waals surface area contributed by atoms with Gasteiger partial charge in [0, 0.05) is 48.6 Å². The number of nitrogens with zero attached hydrogens (tertiary/aromatic N) is 1. The second-order valence-corrected chi connectivity index (χ2v) is 6.62. The molecular formula is C17H26N2O2. The summed E-state index contributed by atoms with van der Waals surface area (Å²) in [5, 5.41) is 3.76. The van der Waals surface area contributed by atoms with Crippen molar-refractivity contribution in [3.8, 4) is 11.5 Å². The molecule has 1 saturated carbocycles. The Morgan fingerprint density at radius 1 is 1.14 bits per heavy atom. The highest BCUT2D eigenvalue weighted by atomic mass is 16.5. The lowest BCUT2D eigenvalue weighted by Gasteiger charge is -2.47. The molecule has 4 nitrogen and oxygen atoms in total. The number of ether oxygens (including phenoxy) is 2. The second-order valence-electron chi connectivity index (χ2n) is 6.62. The number of anilines is 1. The fraction of sp³-hybridized carbons (Fsp3) is 0.647. The number of benzene rings is 1.